The van der Waals surface area contributed by atoms with Gasteiger partial charge in [0.15, 0.2) is 0 Å². The largest absolute Gasteiger partial charge is 0.381 e. The lowest BCUT2D eigenvalue weighted by atomic mass is 9.91. The number of nitrogens with zero attached hydrogens (tertiary/aromatic N) is 1. The predicted molar refractivity (Wildman–Crippen MR) is 126 cm³/mol. The second-order valence-electron chi connectivity index (χ2n) is 9.30. The molecule has 7 nitrogen and oxygen atoms in total. The number of rotatable bonds is 6. The number of imide groups is 1. The minimum Gasteiger partial charge on any atom is -0.381 e. The third kappa shape index (κ3) is 4.64. The molecule has 0 aliphatic carbocycles. The normalized spacial score (nSPS) is 21.2. The third-order valence-electron chi connectivity index (χ3n) is 7.03. The zero-order valence-corrected chi connectivity index (χ0v) is 18.7. The van der Waals surface area contributed by atoms with E-state index in [1.807, 2.05) is 18.2 Å². The molecule has 3 heterocycles. The molecule has 33 heavy (non-hydrogen) atoms. The molecule has 172 valence electrons. The SMILES string of the molecule is O=C1CCC(N2Cc3cccc(CNc4cccc(CC5CCNCC5)c4)c3C2=O)C(=O)N1. The maximum Gasteiger partial charge on any atom is 0.255 e. The van der Waals surface area contributed by atoms with E-state index in [4.69, 9.17) is 0 Å². The molecule has 5 rings (SSSR count). The van der Waals surface area contributed by atoms with Crippen LogP contribution in [0.5, 0.6) is 0 Å². The van der Waals surface area contributed by atoms with Gasteiger partial charge in [0, 0.05) is 30.8 Å². The molecular formula is C26H30N4O3. The van der Waals surface area contributed by atoms with Crippen molar-refractivity contribution in [1.29, 1.82) is 0 Å². The van der Waals surface area contributed by atoms with Crippen LogP contribution in [-0.4, -0.2) is 41.8 Å². The standard InChI is InChI=1S/C26H30N4O3/c31-23-8-7-22(25(32)29-23)30-16-20-5-2-4-19(24(20)26(30)33)15-28-21-6-1-3-18(14-21)13-17-9-11-27-12-10-17/h1-6,14,17,22,27-28H,7-13,15-16H2,(H,29,31,32). The van der Waals surface area contributed by atoms with Gasteiger partial charge in [-0.05, 0) is 73.5 Å². The number of carbonyl (C=O) groups is 3. The van der Waals surface area contributed by atoms with Gasteiger partial charge in [0.1, 0.15) is 6.04 Å². The van der Waals surface area contributed by atoms with Crippen molar-refractivity contribution >= 4 is 23.4 Å². The highest BCUT2D eigenvalue weighted by Crippen LogP contribution is 2.30. The van der Waals surface area contributed by atoms with Crippen molar-refractivity contribution in [2.24, 2.45) is 5.92 Å². The van der Waals surface area contributed by atoms with Crippen molar-refractivity contribution in [1.82, 2.24) is 15.5 Å². The van der Waals surface area contributed by atoms with Crippen molar-refractivity contribution < 1.29 is 14.4 Å². The van der Waals surface area contributed by atoms with Crippen LogP contribution in [0.3, 0.4) is 0 Å². The Bertz CT molecular complexity index is 1080. The molecule has 2 aromatic rings. The average Bonchev–Trinajstić information content (AvgIpc) is 3.15. The minimum absolute atomic E-state index is 0.128. The van der Waals surface area contributed by atoms with Crippen molar-refractivity contribution in [2.45, 2.75) is 51.2 Å². The molecule has 0 saturated carbocycles. The van der Waals surface area contributed by atoms with Crippen LogP contribution in [0.4, 0.5) is 5.69 Å². The Balaban J connectivity index is 1.27. The predicted octanol–water partition coefficient (Wildman–Crippen LogP) is 2.60. The smallest absolute Gasteiger partial charge is 0.255 e. The first-order valence-electron chi connectivity index (χ1n) is 11.9. The van der Waals surface area contributed by atoms with Gasteiger partial charge in [-0.3, -0.25) is 19.7 Å². The van der Waals surface area contributed by atoms with Crippen LogP contribution in [0, 0.1) is 5.92 Å². The van der Waals surface area contributed by atoms with Crippen LogP contribution in [0.2, 0.25) is 0 Å². The second-order valence-corrected chi connectivity index (χ2v) is 9.30. The Morgan fingerprint density at radius 3 is 2.64 bits per heavy atom. The highest BCUT2D eigenvalue weighted by Gasteiger charge is 2.39. The average molecular weight is 447 g/mol. The number of anilines is 1. The molecule has 2 aromatic carbocycles. The summed E-state index contributed by atoms with van der Waals surface area (Å²) in [6.45, 7) is 3.14. The molecular weight excluding hydrogens is 416 g/mol. The maximum absolute atomic E-state index is 13.3. The summed E-state index contributed by atoms with van der Waals surface area (Å²) in [5, 5.41) is 9.27. The number of nitrogens with one attached hydrogen (secondary N) is 3. The molecule has 3 amide bonds. The van der Waals surface area contributed by atoms with Gasteiger partial charge in [-0.25, -0.2) is 0 Å². The van der Waals surface area contributed by atoms with Gasteiger partial charge in [0.25, 0.3) is 5.91 Å². The van der Waals surface area contributed by atoms with Gasteiger partial charge in [0.2, 0.25) is 11.8 Å². The van der Waals surface area contributed by atoms with E-state index >= 15 is 0 Å². The Labute approximate surface area is 193 Å². The summed E-state index contributed by atoms with van der Waals surface area (Å²) < 4.78 is 0. The molecule has 3 N–H and O–H groups in total. The van der Waals surface area contributed by atoms with E-state index in [0.29, 0.717) is 25.1 Å². The van der Waals surface area contributed by atoms with Crippen molar-refractivity contribution in [2.75, 3.05) is 18.4 Å². The fourth-order valence-electron chi connectivity index (χ4n) is 5.26. The lowest BCUT2D eigenvalue weighted by Gasteiger charge is -2.29. The summed E-state index contributed by atoms with van der Waals surface area (Å²) in [5.41, 5.74) is 4.93. The first-order chi connectivity index (χ1) is 16.1. The summed E-state index contributed by atoms with van der Waals surface area (Å²) in [4.78, 5) is 38.7. The summed E-state index contributed by atoms with van der Waals surface area (Å²) in [6, 6.07) is 13.8. The summed E-state index contributed by atoms with van der Waals surface area (Å²) >= 11 is 0. The van der Waals surface area contributed by atoms with Gasteiger partial charge in [-0.2, -0.15) is 0 Å². The molecule has 2 fully saturated rings. The van der Waals surface area contributed by atoms with Crippen LogP contribution >= 0.6 is 0 Å². The second kappa shape index (κ2) is 9.35. The Hall–Kier alpha value is -3.19. The zero-order chi connectivity index (χ0) is 22.8. The van der Waals surface area contributed by atoms with Crippen LogP contribution < -0.4 is 16.0 Å². The first kappa shape index (κ1) is 21.6. The van der Waals surface area contributed by atoms with E-state index in [2.05, 4.69) is 40.2 Å². The lowest BCUT2D eigenvalue weighted by molar-refractivity contribution is -0.136. The van der Waals surface area contributed by atoms with Crippen LogP contribution in [-0.2, 0) is 29.1 Å². The lowest BCUT2D eigenvalue weighted by Crippen LogP contribution is -2.52. The molecule has 1 unspecified atom stereocenters. The van der Waals surface area contributed by atoms with Gasteiger partial charge in [0.05, 0.1) is 0 Å². The number of fused-ring (bicyclic) bond motifs is 1. The van der Waals surface area contributed by atoms with Crippen LogP contribution in [0.1, 0.15) is 52.7 Å². The molecule has 7 heteroatoms. The quantitative estimate of drug-likeness (QED) is 0.594. The van der Waals surface area contributed by atoms with E-state index in [-0.39, 0.29) is 24.1 Å². The number of benzene rings is 2. The van der Waals surface area contributed by atoms with E-state index in [9.17, 15) is 14.4 Å². The van der Waals surface area contributed by atoms with Gasteiger partial charge in [-0.15, -0.1) is 0 Å². The monoisotopic (exact) mass is 446 g/mol. The molecule has 3 aliphatic heterocycles. The molecule has 0 radical (unpaired) electrons. The van der Waals surface area contributed by atoms with Gasteiger partial charge < -0.3 is 15.5 Å². The zero-order valence-electron chi connectivity index (χ0n) is 18.7. The molecule has 1 atom stereocenters. The van der Waals surface area contributed by atoms with Crippen LogP contribution in [0.25, 0.3) is 0 Å². The van der Waals surface area contributed by atoms with E-state index in [1.165, 1.54) is 18.4 Å². The summed E-state index contributed by atoms with van der Waals surface area (Å²) in [7, 11) is 0. The number of carbonyl (C=O) groups excluding carboxylic acids is 3. The van der Waals surface area contributed by atoms with Crippen molar-refractivity contribution in [3.05, 3.63) is 64.7 Å². The van der Waals surface area contributed by atoms with E-state index in [0.717, 1.165) is 42.2 Å². The van der Waals surface area contributed by atoms with Crippen LogP contribution in [0.15, 0.2) is 42.5 Å². The molecule has 0 bridgehead atoms. The van der Waals surface area contributed by atoms with Crippen molar-refractivity contribution in [3.63, 3.8) is 0 Å². The molecule has 0 aromatic heterocycles. The third-order valence-corrected chi connectivity index (χ3v) is 7.03. The Kier molecular flexibility index (Phi) is 6.13. The number of piperidine rings is 2. The van der Waals surface area contributed by atoms with E-state index in [1.54, 1.807) is 4.90 Å². The fraction of sp³-hybridized carbons (Fsp3) is 0.423. The van der Waals surface area contributed by atoms with Gasteiger partial charge >= 0.3 is 0 Å². The highest BCUT2D eigenvalue weighted by atomic mass is 16.2. The molecule has 2 saturated heterocycles. The number of hydrogen-bond acceptors (Lipinski definition) is 5. The Morgan fingerprint density at radius 1 is 1.00 bits per heavy atom. The minimum atomic E-state index is -0.588. The molecule has 0 spiro atoms. The van der Waals surface area contributed by atoms with E-state index < -0.39 is 6.04 Å². The highest BCUT2D eigenvalue weighted by molar-refractivity contribution is 6.06. The Morgan fingerprint density at radius 2 is 1.82 bits per heavy atom. The summed E-state index contributed by atoms with van der Waals surface area (Å²) in [6.07, 6.45) is 4.18. The first-order valence-corrected chi connectivity index (χ1v) is 11.9. The van der Waals surface area contributed by atoms with Gasteiger partial charge in [-0.1, -0.05) is 30.3 Å². The number of amides is 3. The summed E-state index contributed by atoms with van der Waals surface area (Å²) in [5.74, 6) is -0.0448. The number of hydrogen-bond donors (Lipinski definition) is 3. The molecule has 3 aliphatic rings. The van der Waals surface area contributed by atoms with Crippen molar-refractivity contribution in [3.8, 4) is 0 Å². The topological polar surface area (TPSA) is 90.5 Å². The fourth-order valence-corrected chi connectivity index (χ4v) is 5.26. The maximum atomic E-state index is 13.3.